The molecule has 0 spiro atoms. The predicted molar refractivity (Wildman–Crippen MR) is 55.2 cm³/mol. The Kier molecular flexibility index (Phi) is 3.88. The molecule has 86 valence electrons. The summed E-state index contributed by atoms with van der Waals surface area (Å²) in [6.07, 6.45) is -0.266. The van der Waals surface area contributed by atoms with Gasteiger partial charge < -0.3 is 15.3 Å². The number of carbonyl (C=O) groups is 2. The topological polar surface area (TPSA) is 94.8 Å². The van der Waals surface area contributed by atoms with Gasteiger partial charge in [-0.15, -0.1) is 0 Å². The molecule has 0 aliphatic rings. The van der Waals surface area contributed by atoms with Gasteiger partial charge in [-0.1, -0.05) is 12.1 Å². The van der Waals surface area contributed by atoms with Gasteiger partial charge in [-0.3, -0.25) is 9.59 Å². The number of carboxylic acid groups (broad SMARTS) is 2. The zero-order chi connectivity index (χ0) is 12.1. The first-order valence-electron chi connectivity index (χ1n) is 4.71. The van der Waals surface area contributed by atoms with Crippen LogP contribution in [0.2, 0.25) is 0 Å². The van der Waals surface area contributed by atoms with E-state index in [-0.39, 0.29) is 12.2 Å². The van der Waals surface area contributed by atoms with Crippen molar-refractivity contribution in [1.29, 1.82) is 0 Å². The molecule has 16 heavy (non-hydrogen) atoms. The average molecular weight is 224 g/mol. The van der Waals surface area contributed by atoms with E-state index in [2.05, 4.69) is 0 Å². The van der Waals surface area contributed by atoms with E-state index in [4.69, 9.17) is 15.3 Å². The molecule has 0 unspecified atom stereocenters. The number of carboxylic acids is 2. The molecule has 5 heteroatoms. The summed E-state index contributed by atoms with van der Waals surface area (Å²) in [5.74, 6) is -3.11. The van der Waals surface area contributed by atoms with Gasteiger partial charge in [0.25, 0.3) is 0 Å². The van der Waals surface area contributed by atoms with Crippen molar-refractivity contribution >= 4 is 11.9 Å². The van der Waals surface area contributed by atoms with Crippen molar-refractivity contribution in [1.82, 2.24) is 0 Å². The molecule has 0 aliphatic carbocycles. The van der Waals surface area contributed by atoms with E-state index in [1.54, 1.807) is 12.1 Å². The largest absolute Gasteiger partial charge is 0.508 e. The Balaban J connectivity index is 2.71. The van der Waals surface area contributed by atoms with Crippen molar-refractivity contribution in [3.8, 4) is 5.75 Å². The number of aromatic hydroxyl groups is 1. The summed E-state index contributed by atoms with van der Waals surface area (Å²) >= 11 is 0. The predicted octanol–water partition coefficient (Wildman–Crippen LogP) is 1.11. The smallest absolute Gasteiger partial charge is 0.307 e. The van der Waals surface area contributed by atoms with Gasteiger partial charge in [0, 0.05) is 0 Å². The number of aliphatic carboxylic acids is 2. The van der Waals surface area contributed by atoms with Crippen molar-refractivity contribution < 1.29 is 24.9 Å². The van der Waals surface area contributed by atoms with Crippen LogP contribution in [0.3, 0.4) is 0 Å². The first-order chi connectivity index (χ1) is 7.49. The number of benzene rings is 1. The molecule has 0 radical (unpaired) electrons. The summed E-state index contributed by atoms with van der Waals surface area (Å²) < 4.78 is 0. The molecule has 0 aliphatic heterocycles. The van der Waals surface area contributed by atoms with E-state index in [0.29, 0.717) is 5.56 Å². The fourth-order valence-electron chi connectivity index (χ4n) is 1.37. The highest BCUT2D eigenvalue weighted by molar-refractivity contribution is 5.78. The average Bonchev–Trinajstić information content (AvgIpc) is 2.19. The van der Waals surface area contributed by atoms with Gasteiger partial charge in [-0.25, -0.2) is 0 Å². The van der Waals surface area contributed by atoms with Crippen molar-refractivity contribution in [2.75, 3.05) is 0 Å². The van der Waals surface area contributed by atoms with E-state index < -0.39 is 24.3 Å². The van der Waals surface area contributed by atoms with E-state index in [9.17, 15) is 9.59 Å². The molecule has 1 aromatic rings. The third-order valence-electron chi connectivity index (χ3n) is 2.19. The minimum absolute atomic E-state index is 0.0915. The Labute approximate surface area is 92.0 Å². The standard InChI is InChI=1S/C11H12O5/c12-9-3-1-7(2-4-9)5-8(11(15)16)6-10(13)14/h1-4,8,12H,5-6H2,(H,13,14)(H,15,16)/t8-/m1/s1. The molecule has 0 fully saturated rings. The molecular weight excluding hydrogens is 212 g/mol. The maximum Gasteiger partial charge on any atom is 0.307 e. The molecular formula is C11H12O5. The van der Waals surface area contributed by atoms with Crippen molar-refractivity contribution in [2.45, 2.75) is 12.8 Å². The highest BCUT2D eigenvalue weighted by Gasteiger charge is 2.21. The number of phenolic OH excluding ortho intramolecular Hbond substituents is 1. The summed E-state index contributed by atoms with van der Waals surface area (Å²) in [7, 11) is 0. The third kappa shape index (κ3) is 3.61. The van der Waals surface area contributed by atoms with Crippen LogP contribution in [-0.2, 0) is 16.0 Å². The first kappa shape index (κ1) is 12.0. The van der Waals surface area contributed by atoms with Crippen LogP contribution in [0.15, 0.2) is 24.3 Å². The molecule has 0 saturated heterocycles. The molecule has 1 atom stereocenters. The quantitative estimate of drug-likeness (QED) is 0.696. The van der Waals surface area contributed by atoms with Crippen LogP contribution < -0.4 is 0 Å². The third-order valence-corrected chi connectivity index (χ3v) is 2.19. The van der Waals surface area contributed by atoms with Gasteiger partial charge in [0.15, 0.2) is 0 Å². The second-order valence-electron chi connectivity index (χ2n) is 3.50. The maximum atomic E-state index is 10.8. The van der Waals surface area contributed by atoms with Crippen LogP contribution >= 0.6 is 0 Å². The monoisotopic (exact) mass is 224 g/mol. The Morgan fingerprint density at radius 3 is 2.12 bits per heavy atom. The normalized spacial score (nSPS) is 12.0. The summed E-state index contributed by atoms with van der Waals surface area (Å²) in [5.41, 5.74) is 0.687. The van der Waals surface area contributed by atoms with Crippen molar-refractivity contribution in [2.24, 2.45) is 5.92 Å². The van der Waals surface area contributed by atoms with E-state index in [1.165, 1.54) is 12.1 Å². The Bertz CT molecular complexity index is 382. The van der Waals surface area contributed by atoms with Gasteiger partial charge in [0.1, 0.15) is 5.75 Å². The number of phenols is 1. The lowest BCUT2D eigenvalue weighted by molar-refractivity contribution is -0.148. The van der Waals surface area contributed by atoms with E-state index in [1.807, 2.05) is 0 Å². The lowest BCUT2D eigenvalue weighted by atomic mass is 9.96. The van der Waals surface area contributed by atoms with E-state index in [0.717, 1.165) is 0 Å². The second-order valence-corrected chi connectivity index (χ2v) is 3.50. The molecule has 3 N–H and O–H groups in total. The first-order valence-corrected chi connectivity index (χ1v) is 4.71. The fraction of sp³-hybridized carbons (Fsp3) is 0.273. The SMILES string of the molecule is O=C(O)C[C@@H](Cc1ccc(O)cc1)C(=O)O. The zero-order valence-corrected chi connectivity index (χ0v) is 8.46. The van der Waals surface area contributed by atoms with Gasteiger partial charge in [0.2, 0.25) is 0 Å². The lowest BCUT2D eigenvalue weighted by Crippen LogP contribution is -2.20. The molecule has 5 nitrogen and oxygen atoms in total. The Hall–Kier alpha value is -2.04. The molecule has 1 rings (SSSR count). The van der Waals surface area contributed by atoms with Crippen molar-refractivity contribution in [3.63, 3.8) is 0 Å². The summed E-state index contributed by atoms with van der Waals surface area (Å²) in [4.78, 5) is 21.2. The molecule has 0 aromatic heterocycles. The number of rotatable bonds is 5. The maximum absolute atomic E-state index is 10.8. The summed E-state index contributed by atoms with van der Waals surface area (Å²) in [6, 6.07) is 6.03. The van der Waals surface area contributed by atoms with Crippen LogP contribution in [0.1, 0.15) is 12.0 Å². The lowest BCUT2D eigenvalue weighted by Gasteiger charge is -2.09. The second kappa shape index (κ2) is 5.16. The van der Waals surface area contributed by atoms with Gasteiger partial charge in [0.05, 0.1) is 12.3 Å². The fourth-order valence-corrected chi connectivity index (χ4v) is 1.37. The highest BCUT2D eigenvalue weighted by Crippen LogP contribution is 2.16. The minimum Gasteiger partial charge on any atom is -0.508 e. The molecule has 0 heterocycles. The van der Waals surface area contributed by atoms with Crippen molar-refractivity contribution in [3.05, 3.63) is 29.8 Å². The summed E-state index contributed by atoms with van der Waals surface area (Å²) in [5, 5.41) is 26.4. The Morgan fingerprint density at radius 2 is 1.69 bits per heavy atom. The van der Waals surface area contributed by atoms with Crippen LogP contribution in [0, 0.1) is 5.92 Å². The molecule has 1 aromatic carbocycles. The molecule has 0 amide bonds. The van der Waals surface area contributed by atoms with Crippen LogP contribution in [0.25, 0.3) is 0 Å². The Morgan fingerprint density at radius 1 is 1.12 bits per heavy atom. The zero-order valence-electron chi connectivity index (χ0n) is 8.46. The van der Waals surface area contributed by atoms with Crippen LogP contribution in [0.4, 0.5) is 0 Å². The van der Waals surface area contributed by atoms with Gasteiger partial charge in [-0.2, -0.15) is 0 Å². The minimum atomic E-state index is -1.13. The van der Waals surface area contributed by atoms with Gasteiger partial charge in [-0.05, 0) is 24.1 Å². The highest BCUT2D eigenvalue weighted by atomic mass is 16.4. The number of hydrogen-bond acceptors (Lipinski definition) is 3. The van der Waals surface area contributed by atoms with Crippen LogP contribution in [-0.4, -0.2) is 27.3 Å². The van der Waals surface area contributed by atoms with Crippen LogP contribution in [0.5, 0.6) is 5.75 Å². The number of hydrogen-bond donors (Lipinski definition) is 3. The van der Waals surface area contributed by atoms with E-state index >= 15 is 0 Å². The molecule has 0 bridgehead atoms. The molecule has 0 saturated carbocycles. The summed E-state index contributed by atoms with van der Waals surface area (Å²) in [6.45, 7) is 0. The van der Waals surface area contributed by atoms with Gasteiger partial charge >= 0.3 is 11.9 Å².